The van der Waals surface area contributed by atoms with Crippen LogP contribution in [-0.2, 0) is 14.4 Å². The van der Waals surface area contributed by atoms with E-state index < -0.39 is 17.5 Å². The van der Waals surface area contributed by atoms with Crippen LogP contribution in [0.2, 0.25) is 0 Å². The number of carboxylic acids is 1. The standard InChI is InChI=1S/C18H26O5/c1-12(2)8-15(20)9-13(3)6-7-18(11-17(22)23)10-14(19)4-5-16(18)21/h6,8,16,21H,4-5,7,9-11H2,1-3H3,(H,22,23)/b13-6+. The van der Waals surface area contributed by atoms with Crippen LogP contribution < -0.4 is 0 Å². The van der Waals surface area contributed by atoms with Gasteiger partial charge in [0, 0.05) is 24.7 Å². The molecule has 5 nitrogen and oxygen atoms in total. The van der Waals surface area contributed by atoms with E-state index in [1.807, 2.05) is 20.8 Å². The number of aliphatic carboxylic acids is 1. The fraction of sp³-hybridized carbons (Fsp3) is 0.611. The second-order valence-corrected chi connectivity index (χ2v) is 6.82. The molecule has 0 aromatic rings. The molecule has 2 unspecified atom stereocenters. The zero-order valence-electron chi connectivity index (χ0n) is 14.1. The summed E-state index contributed by atoms with van der Waals surface area (Å²) in [5.74, 6) is -1.04. The van der Waals surface area contributed by atoms with Crippen molar-refractivity contribution in [3.05, 3.63) is 23.3 Å². The van der Waals surface area contributed by atoms with Gasteiger partial charge in [-0.3, -0.25) is 14.4 Å². The number of hydrogen-bond donors (Lipinski definition) is 2. The van der Waals surface area contributed by atoms with Crippen LogP contribution in [0.25, 0.3) is 0 Å². The molecular weight excluding hydrogens is 296 g/mol. The Kier molecular flexibility index (Phi) is 6.88. The SMILES string of the molecule is CC(C)=CC(=O)C/C(C)=C/CC1(CC(=O)O)CC(=O)CCC1O. The van der Waals surface area contributed by atoms with Crippen LogP contribution in [0.15, 0.2) is 23.3 Å². The first-order valence-electron chi connectivity index (χ1n) is 7.89. The van der Waals surface area contributed by atoms with Gasteiger partial charge < -0.3 is 10.2 Å². The average Bonchev–Trinajstić information content (AvgIpc) is 2.39. The van der Waals surface area contributed by atoms with Gasteiger partial charge in [0.05, 0.1) is 12.5 Å². The van der Waals surface area contributed by atoms with Crippen LogP contribution in [0.1, 0.15) is 59.3 Å². The predicted octanol–water partition coefficient (Wildman–Crippen LogP) is 2.82. The minimum Gasteiger partial charge on any atom is -0.481 e. The lowest BCUT2D eigenvalue weighted by Gasteiger charge is -2.39. The summed E-state index contributed by atoms with van der Waals surface area (Å²) in [5.41, 5.74) is 0.795. The monoisotopic (exact) mass is 322 g/mol. The molecule has 1 rings (SSSR count). The summed E-state index contributed by atoms with van der Waals surface area (Å²) in [4.78, 5) is 34.7. The molecule has 0 bridgehead atoms. The van der Waals surface area contributed by atoms with Crippen molar-refractivity contribution in [1.29, 1.82) is 0 Å². The maximum Gasteiger partial charge on any atom is 0.304 e. The lowest BCUT2D eigenvalue weighted by Crippen LogP contribution is -2.42. The molecule has 1 aliphatic carbocycles. The molecule has 0 aromatic carbocycles. The van der Waals surface area contributed by atoms with Crippen LogP contribution in [0.5, 0.6) is 0 Å². The zero-order valence-corrected chi connectivity index (χ0v) is 14.1. The van der Waals surface area contributed by atoms with Gasteiger partial charge in [0.15, 0.2) is 5.78 Å². The molecule has 0 saturated heterocycles. The Morgan fingerprint density at radius 1 is 1.30 bits per heavy atom. The summed E-state index contributed by atoms with van der Waals surface area (Å²) in [5, 5.41) is 19.4. The van der Waals surface area contributed by atoms with Gasteiger partial charge >= 0.3 is 5.97 Å². The number of aliphatic hydroxyl groups excluding tert-OH is 1. The number of carbonyl (C=O) groups is 3. The second-order valence-electron chi connectivity index (χ2n) is 6.82. The smallest absolute Gasteiger partial charge is 0.304 e. The van der Waals surface area contributed by atoms with Crippen molar-refractivity contribution in [2.24, 2.45) is 5.41 Å². The molecule has 23 heavy (non-hydrogen) atoms. The Labute approximate surface area is 137 Å². The Hall–Kier alpha value is -1.75. The van der Waals surface area contributed by atoms with Gasteiger partial charge in [-0.1, -0.05) is 17.2 Å². The normalized spacial score (nSPS) is 25.1. The summed E-state index contributed by atoms with van der Waals surface area (Å²) in [6, 6.07) is 0. The highest BCUT2D eigenvalue weighted by Crippen LogP contribution is 2.42. The minimum absolute atomic E-state index is 0.00805. The van der Waals surface area contributed by atoms with Crippen molar-refractivity contribution >= 4 is 17.5 Å². The third-order valence-corrected chi connectivity index (χ3v) is 4.22. The maximum absolute atomic E-state index is 11.8. The third kappa shape index (κ3) is 6.10. The van der Waals surface area contributed by atoms with E-state index in [1.165, 1.54) is 0 Å². The number of hydrogen-bond acceptors (Lipinski definition) is 4. The van der Waals surface area contributed by atoms with Crippen molar-refractivity contribution in [3.63, 3.8) is 0 Å². The van der Waals surface area contributed by atoms with Crippen molar-refractivity contribution in [3.8, 4) is 0 Å². The van der Waals surface area contributed by atoms with E-state index in [1.54, 1.807) is 12.2 Å². The topological polar surface area (TPSA) is 91.7 Å². The average molecular weight is 322 g/mol. The van der Waals surface area contributed by atoms with Crippen molar-refractivity contribution in [1.82, 2.24) is 0 Å². The Morgan fingerprint density at radius 2 is 1.96 bits per heavy atom. The summed E-state index contributed by atoms with van der Waals surface area (Å²) < 4.78 is 0. The number of Topliss-reactive ketones (excluding diaryl/α,β-unsaturated/α-hetero) is 1. The predicted molar refractivity (Wildman–Crippen MR) is 87.0 cm³/mol. The van der Waals surface area contributed by atoms with Crippen molar-refractivity contribution < 1.29 is 24.6 Å². The molecule has 1 aliphatic rings. The number of aliphatic hydroxyl groups is 1. The second kappa shape index (κ2) is 8.20. The highest BCUT2D eigenvalue weighted by Gasteiger charge is 2.43. The van der Waals surface area contributed by atoms with E-state index >= 15 is 0 Å². The van der Waals surface area contributed by atoms with Crippen molar-refractivity contribution in [2.45, 2.75) is 65.4 Å². The largest absolute Gasteiger partial charge is 0.481 e. The molecule has 0 aliphatic heterocycles. The molecule has 2 atom stereocenters. The molecule has 0 radical (unpaired) electrons. The zero-order chi connectivity index (χ0) is 17.6. The Bertz CT molecular complexity index is 536. The van der Waals surface area contributed by atoms with E-state index in [9.17, 15) is 19.5 Å². The van der Waals surface area contributed by atoms with Crippen LogP contribution in [0.4, 0.5) is 0 Å². The quantitative estimate of drug-likeness (QED) is 0.555. The first-order valence-corrected chi connectivity index (χ1v) is 7.89. The number of carboxylic acid groups (broad SMARTS) is 1. The van der Waals surface area contributed by atoms with E-state index in [2.05, 4.69) is 0 Å². The summed E-state index contributed by atoms with van der Waals surface area (Å²) in [7, 11) is 0. The van der Waals surface area contributed by atoms with E-state index in [0.29, 0.717) is 19.3 Å². The molecule has 1 saturated carbocycles. The molecule has 0 heterocycles. The van der Waals surface area contributed by atoms with Crippen LogP contribution in [0.3, 0.4) is 0 Å². The van der Waals surface area contributed by atoms with Gasteiger partial charge in [0.1, 0.15) is 5.78 Å². The van der Waals surface area contributed by atoms with Crippen molar-refractivity contribution in [2.75, 3.05) is 0 Å². The van der Waals surface area contributed by atoms with E-state index in [-0.39, 0.29) is 30.8 Å². The summed E-state index contributed by atoms with van der Waals surface area (Å²) in [6.45, 7) is 5.51. The van der Waals surface area contributed by atoms with Crippen LogP contribution >= 0.6 is 0 Å². The van der Waals surface area contributed by atoms with Gasteiger partial charge in [-0.05, 0) is 39.7 Å². The lowest BCUT2D eigenvalue weighted by atomic mass is 9.67. The first kappa shape index (κ1) is 19.3. The molecule has 0 aromatic heterocycles. The molecule has 0 amide bonds. The van der Waals surface area contributed by atoms with Crippen LogP contribution in [0, 0.1) is 5.41 Å². The fourth-order valence-electron chi connectivity index (χ4n) is 3.06. The minimum atomic E-state index is -1.02. The highest BCUT2D eigenvalue weighted by atomic mass is 16.4. The van der Waals surface area contributed by atoms with Gasteiger partial charge in [-0.2, -0.15) is 0 Å². The molecule has 0 spiro atoms. The van der Waals surface area contributed by atoms with E-state index in [0.717, 1.165) is 11.1 Å². The number of allylic oxidation sites excluding steroid dienone is 4. The summed E-state index contributed by atoms with van der Waals surface area (Å²) >= 11 is 0. The molecular formula is C18H26O5. The Balaban J connectivity index is 2.87. The molecule has 5 heteroatoms. The van der Waals surface area contributed by atoms with Gasteiger partial charge in [-0.25, -0.2) is 0 Å². The highest BCUT2D eigenvalue weighted by molar-refractivity contribution is 5.91. The number of ketones is 2. The molecule has 2 N–H and O–H groups in total. The number of rotatable bonds is 7. The first-order chi connectivity index (χ1) is 10.6. The number of carbonyl (C=O) groups excluding carboxylic acids is 2. The fourth-order valence-corrected chi connectivity index (χ4v) is 3.06. The van der Waals surface area contributed by atoms with Gasteiger partial charge in [0.25, 0.3) is 0 Å². The third-order valence-electron chi connectivity index (χ3n) is 4.22. The lowest BCUT2D eigenvalue weighted by molar-refractivity contribution is -0.146. The molecule has 128 valence electrons. The van der Waals surface area contributed by atoms with Gasteiger partial charge in [0.2, 0.25) is 0 Å². The molecule has 1 fully saturated rings. The Morgan fingerprint density at radius 3 is 2.52 bits per heavy atom. The maximum atomic E-state index is 11.8. The van der Waals surface area contributed by atoms with E-state index in [4.69, 9.17) is 5.11 Å². The van der Waals surface area contributed by atoms with Gasteiger partial charge in [-0.15, -0.1) is 0 Å². The van der Waals surface area contributed by atoms with Crippen LogP contribution in [-0.4, -0.2) is 33.9 Å². The summed E-state index contributed by atoms with van der Waals surface area (Å²) in [6.07, 6.45) is 3.54.